The number of carbonyl (C=O) groups is 2. The topological polar surface area (TPSA) is 129 Å². The summed E-state index contributed by atoms with van der Waals surface area (Å²) in [6.07, 6.45) is 2.46. The molecule has 3 aromatic rings. The van der Waals surface area contributed by atoms with Crippen molar-refractivity contribution in [3.63, 3.8) is 0 Å². The van der Waals surface area contributed by atoms with E-state index in [9.17, 15) is 19.7 Å². The number of carbonyl (C=O) groups excluding carboxylic acids is 2. The molecular weight excluding hydrogens is 538 g/mol. The smallest absolute Gasteiger partial charge is 0.343 e. The van der Waals surface area contributed by atoms with Crippen LogP contribution in [0.15, 0.2) is 71.8 Å². The summed E-state index contributed by atoms with van der Waals surface area (Å²) in [7, 11) is 0. The van der Waals surface area contributed by atoms with Crippen molar-refractivity contribution < 1.29 is 28.7 Å². The van der Waals surface area contributed by atoms with E-state index in [1.54, 1.807) is 19.1 Å². The first kappa shape index (κ1) is 31.8. The van der Waals surface area contributed by atoms with E-state index in [-0.39, 0.29) is 34.4 Å². The molecule has 0 atom stereocenters. The number of nitrogens with zero attached hydrogens (tertiary/aromatic N) is 2. The largest absolute Gasteiger partial charge is 0.490 e. The number of nitro groups is 1. The molecule has 0 aliphatic rings. The highest BCUT2D eigenvalue weighted by Crippen LogP contribution is 2.36. The number of amides is 1. The number of ether oxygens (including phenoxy) is 3. The van der Waals surface area contributed by atoms with E-state index in [1.807, 2.05) is 24.3 Å². The van der Waals surface area contributed by atoms with Crippen LogP contribution in [0.4, 0.5) is 5.69 Å². The molecular formula is C32H37N3O7. The van der Waals surface area contributed by atoms with E-state index >= 15 is 0 Å². The third kappa shape index (κ3) is 9.43. The molecule has 0 spiro atoms. The number of nitro benzene ring substituents is 1. The summed E-state index contributed by atoms with van der Waals surface area (Å²) >= 11 is 0. The molecule has 0 saturated heterocycles. The first-order valence-electron chi connectivity index (χ1n) is 13.6. The van der Waals surface area contributed by atoms with Crippen molar-refractivity contribution >= 4 is 23.8 Å². The van der Waals surface area contributed by atoms with Crippen LogP contribution in [0.1, 0.15) is 69.4 Å². The second-order valence-electron chi connectivity index (χ2n) is 11.6. The highest BCUT2D eigenvalue weighted by atomic mass is 16.6. The van der Waals surface area contributed by atoms with Crippen molar-refractivity contribution in [2.45, 2.75) is 53.4 Å². The minimum atomic E-state index is -0.692. The van der Waals surface area contributed by atoms with Gasteiger partial charge in [0.25, 0.3) is 11.6 Å². The second kappa shape index (κ2) is 13.8. The molecule has 1 amide bonds. The Balaban J connectivity index is 1.55. The molecule has 3 rings (SSSR count). The number of hydrogen-bond donors (Lipinski definition) is 1. The molecule has 0 bridgehead atoms. The van der Waals surface area contributed by atoms with Crippen molar-refractivity contribution in [3.05, 3.63) is 93.5 Å². The number of rotatable bonds is 12. The number of esters is 1. The molecule has 0 unspecified atom stereocenters. The highest BCUT2D eigenvalue weighted by molar-refractivity contribution is 5.92. The maximum absolute atomic E-state index is 12.5. The molecule has 42 heavy (non-hydrogen) atoms. The molecule has 0 fully saturated rings. The van der Waals surface area contributed by atoms with Crippen LogP contribution >= 0.6 is 0 Å². The fraction of sp³-hybridized carbons (Fsp3) is 0.344. The minimum Gasteiger partial charge on any atom is -0.490 e. The van der Waals surface area contributed by atoms with Gasteiger partial charge in [-0.05, 0) is 77.8 Å². The van der Waals surface area contributed by atoms with Gasteiger partial charge in [0.05, 0.1) is 23.3 Å². The number of non-ortho nitro benzene ring substituents is 1. The zero-order valence-electron chi connectivity index (χ0n) is 24.8. The molecule has 0 radical (unpaired) electrons. The van der Waals surface area contributed by atoms with Crippen LogP contribution in [0.3, 0.4) is 0 Å². The Labute approximate surface area is 245 Å². The summed E-state index contributed by atoms with van der Waals surface area (Å²) < 4.78 is 16.6. The highest BCUT2D eigenvalue weighted by Gasteiger charge is 2.27. The van der Waals surface area contributed by atoms with E-state index < -0.39 is 16.8 Å². The summed E-state index contributed by atoms with van der Waals surface area (Å²) in [6, 6.07) is 17.6. The molecule has 10 nitrogen and oxygen atoms in total. The average Bonchev–Trinajstić information content (AvgIpc) is 2.92. The lowest BCUT2D eigenvalue weighted by atomic mass is 9.72. The first-order chi connectivity index (χ1) is 19.8. The molecule has 222 valence electrons. The lowest BCUT2D eigenvalue weighted by Gasteiger charge is -2.33. The molecule has 0 saturated carbocycles. The lowest BCUT2D eigenvalue weighted by molar-refractivity contribution is -0.384. The molecule has 3 aromatic carbocycles. The maximum Gasteiger partial charge on any atom is 0.343 e. The van der Waals surface area contributed by atoms with E-state index in [1.165, 1.54) is 42.1 Å². The van der Waals surface area contributed by atoms with Gasteiger partial charge in [-0.2, -0.15) is 5.10 Å². The van der Waals surface area contributed by atoms with Crippen molar-refractivity contribution in [1.29, 1.82) is 0 Å². The SMILES string of the molecule is CCOc1cc(C=NNC(=O)COc2ccc(C(C)(C)CC(C)(C)C)cc2)ccc1OC(=O)c1ccc([N+](=O)[O-])cc1. The van der Waals surface area contributed by atoms with Crippen LogP contribution in [0.5, 0.6) is 17.2 Å². The molecule has 0 aliphatic carbocycles. The van der Waals surface area contributed by atoms with Crippen LogP contribution in [0.2, 0.25) is 0 Å². The fourth-order valence-electron chi connectivity index (χ4n) is 4.63. The van der Waals surface area contributed by atoms with Crippen LogP contribution in [0.25, 0.3) is 0 Å². The average molecular weight is 576 g/mol. The summed E-state index contributed by atoms with van der Waals surface area (Å²) in [6.45, 7) is 13.0. The van der Waals surface area contributed by atoms with Crippen LogP contribution < -0.4 is 19.6 Å². The Hall–Kier alpha value is -4.73. The van der Waals surface area contributed by atoms with Gasteiger partial charge in [0.15, 0.2) is 18.1 Å². The Morgan fingerprint density at radius 2 is 1.60 bits per heavy atom. The standard InChI is InChI=1S/C32H37N3O7/c1-7-40-28-18-22(8-17-27(28)42-30(37)23-9-13-25(14-10-23)35(38)39)19-33-34-29(36)20-41-26-15-11-24(12-16-26)32(5,6)21-31(2,3)4/h8-19H,7,20-21H2,1-6H3,(H,34,36). The number of hydrazone groups is 1. The molecule has 0 aliphatic heterocycles. The van der Waals surface area contributed by atoms with E-state index in [4.69, 9.17) is 14.2 Å². The van der Waals surface area contributed by atoms with Crippen LogP contribution in [-0.2, 0) is 10.2 Å². The van der Waals surface area contributed by atoms with Gasteiger partial charge >= 0.3 is 5.97 Å². The number of nitrogens with one attached hydrogen (secondary N) is 1. The van der Waals surface area contributed by atoms with Gasteiger partial charge < -0.3 is 14.2 Å². The van der Waals surface area contributed by atoms with Crippen LogP contribution in [0, 0.1) is 15.5 Å². The molecule has 0 aromatic heterocycles. The van der Waals surface area contributed by atoms with Gasteiger partial charge in [0, 0.05) is 12.1 Å². The molecule has 10 heteroatoms. The van der Waals surface area contributed by atoms with Gasteiger partial charge in [-0.25, -0.2) is 10.2 Å². The fourth-order valence-corrected chi connectivity index (χ4v) is 4.63. The maximum atomic E-state index is 12.5. The van der Waals surface area contributed by atoms with Crippen molar-refractivity contribution in [1.82, 2.24) is 5.43 Å². The summed E-state index contributed by atoms with van der Waals surface area (Å²) in [5, 5.41) is 14.8. The molecule has 0 heterocycles. The van der Waals surface area contributed by atoms with Gasteiger partial charge in [0.1, 0.15) is 5.75 Å². The first-order valence-corrected chi connectivity index (χ1v) is 13.6. The minimum absolute atomic E-state index is 0.0118. The monoisotopic (exact) mass is 575 g/mol. The second-order valence-corrected chi connectivity index (χ2v) is 11.6. The summed E-state index contributed by atoms with van der Waals surface area (Å²) in [5.41, 5.74) is 4.45. The van der Waals surface area contributed by atoms with Crippen LogP contribution in [-0.4, -0.2) is 36.2 Å². The summed E-state index contributed by atoms with van der Waals surface area (Å²) in [5.74, 6) is -0.0717. The van der Waals surface area contributed by atoms with E-state index in [0.29, 0.717) is 23.7 Å². The lowest BCUT2D eigenvalue weighted by Crippen LogP contribution is -2.25. The van der Waals surface area contributed by atoms with Gasteiger partial charge in [-0.3, -0.25) is 14.9 Å². The Bertz CT molecular complexity index is 1420. The third-order valence-electron chi connectivity index (χ3n) is 6.16. The van der Waals surface area contributed by atoms with Crippen molar-refractivity contribution in [2.24, 2.45) is 10.5 Å². The zero-order chi connectivity index (χ0) is 30.9. The van der Waals surface area contributed by atoms with Gasteiger partial charge in [-0.15, -0.1) is 0 Å². The number of benzene rings is 3. The predicted octanol–water partition coefficient (Wildman–Crippen LogP) is 6.46. The van der Waals surface area contributed by atoms with E-state index in [0.717, 1.165) is 6.42 Å². The third-order valence-corrected chi connectivity index (χ3v) is 6.16. The number of hydrogen-bond acceptors (Lipinski definition) is 8. The Kier molecular flexibility index (Phi) is 10.4. The summed E-state index contributed by atoms with van der Waals surface area (Å²) in [4.78, 5) is 35.1. The normalized spacial score (nSPS) is 11.7. The van der Waals surface area contributed by atoms with Gasteiger partial charge in [0.2, 0.25) is 0 Å². The quantitative estimate of drug-likeness (QED) is 0.0863. The van der Waals surface area contributed by atoms with Crippen molar-refractivity contribution in [3.8, 4) is 17.2 Å². The zero-order valence-corrected chi connectivity index (χ0v) is 24.8. The molecule has 1 N–H and O–H groups in total. The predicted molar refractivity (Wildman–Crippen MR) is 160 cm³/mol. The Morgan fingerprint density at radius 3 is 2.19 bits per heavy atom. The Morgan fingerprint density at radius 1 is 0.929 bits per heavy atom. The van der Waals surface area contributed by atoms with Gasteiger partial charge in [-0.1, -0.05) is 46.8 Å². The van der Waals surface area contributed by atoms with E-state index in [2.05, 4.69) is 45.1 Å². The van der Waals surface area contributed by atoms with Crippen molar-refractivity contribution in [2.75, 3.05) is 13.2 Å².